The SMILES string of the molecule is CN1CCCC2(CC1)CC(=O)NC(=O)C2C1CCCC1. The van der Waals surface area contributed by atoms with Crippen molar-refractivity contribution in [3.8, 4) is 0 Å². The number of hydrogen-bond acceptors (Lipinski definition) is 3. The lowest BCUT2D eigenvalue weighted by Gasteiger charge is -2.45. The average molecular weight is 278 g/mol. The monoisotopic (exact) mass is 278 g/mol. The number of nitrogens with one attached hydrogen (secondary N) is 1. The average Bonchev–Trinajstić information content (AvgIpc) is 2.83. The van der Waals surface area contributed by atoms with Crippen LogP contribution >= 0.6 is 0 Å². The first kappa shape index (κ1) is 14.1. The van der Waals surface area contributed by atoms with Crippen LogP contribution in [0.1, 0.15) is 51.4 Å². The summed E-state index contributed by atoms with van der Waals surface area (Å²) in [6, 6.07) is 0. The van der Waals surface area contributed by atoms with Crippen molar-refractivity contribution in [1.82, 2.24) is 10.2 Å². The van der Waals surface area contributed by atoms with Crippen LogP contribution in [0.25, 0.3) is 0 Å². The molecule has 3 rings (SSSR count). The number of carbonyl (C=O) groups excluding carboxylic acids is 2. The molecule has 112 valence electrons. The number of rotatable bonds is 1. The van der Waals surface area contributed by atoms with E-state index in [1.807, 2.05) is 0 Å². The molecule has 0 radical (unpaired) electrons. The number of imide groups is 1. The quantitative estimate of drug-likeness (QED) is 0.746. The van der Waals surface area contributed by atoms with Gasteiger partial charge < -0.3 is 4.90 Å². The Morgan fingerprint density at radius 3 is 2.60 bits per heavy atom. The van der Waals surface area contributed by atoms with Gasteiger partial charge in [0.15, 0.2) is 0 Å². The summed E-state index contributed by atoms with van der Waals surface area (Å²) in [5.41, 5.74) is -0.0564. The summed E-state index contributed by atoms with van der Waals surface area (Å²) < 4.78 is 0. The molecule has 2 atom stereocenters. The normalized spacial score (nSPS) is 37.1. The third-order valence-electron chi connectivity index (χ3n) is 5.79. The molecular formula is C16H26N2O2. The van der Waals surface area contributed by atoms with E-state index in [1.165, 1.54) is 25.7 Å². The van der Waals surface area contributed by atoms with E-state index in [9.17, 15) is 9.59 Å². The van der Waals surface area contributed by atoms with Crippen LogP contribution in [0.4, 0.5) is 0 Å². The van der Waals surface area contributed by atoms with Crippen LogP contribution in [0.3, 0.4) is 0 Å². The van der Waals surface area contributed by atoms with Gasteiger partial charge in [-0.15, -0.1) is 0 Å². The Labute approximate surface area is 121 Å². The van der Waals surface area contributed by atoms with Crippen molar-refractivity contribution in [3.63, 3.8) is 0 Å². The Hall–Kier alpha value is -0.900. The van der Waals surface area contributed by atoms with Gasteiger partial charge in [-0.2, -0.15) is 0 Å². The van der Waals surface area contributed by atoms with E-state index in [-0.39, 0.29) is 23.1 Å². The van der Waals surface area contributed by atoms with Gasteiger partial charge in [-0.25, -0.2) is 0 Å². The summed E-state index contributed by atoms with van der Waals surface area (Å²) in [5, 5.41) is 2.62. The topological polar surface area (TPSA) is 49.4 Å². The molecule has 20 heavy (non-hydrogen) atoms. The van der Waals surface area contributed by atoms with Gasteiger partial charge in [0, 0.05) is 12.3 Å². The van der Waals surface area contributed by atoms with E-state index >= 15 is 0 Å². The van der Waals surface area contributed by atoms with Crippen LogP contribution < -0.4 is 5.32 Å². The van der Waals surface area contributed by atoms with Gasteiger partial charge in [0.25, 0.3) is 0 Å². The van der Waals surface area contributed by atoms with Crippen molar-refractivity contribution in [2.45, 2.75) is 51.4 Å². The molecule has 2 amide bonds. The Morgan fingerprint density at radius 2 is 1.85 bits per heavy atom. The van der Waals surface area contributed by atoms with E-state index in [4.69, 9.17) is 0 Å². The van der Waals surface area contributed by atoms with Gasteiger partial charge in [-0.3, -0.25) is 14.9 Å². The minimum absolute atomic E-state index is 0.0257. The fraction of sp³-hybridized carbons (Fsp3) is 0.875. The summed E-state index contributed by atoms with van der Waals surface area (Å²) >= 11 is 0. The maximum atomic E-state index is 12.5. The molecule has 1 saturated carbocycles. The molecule has 4 heteroatoms. The van der Waals surface area contributed by atoms with Crippen molar-refractivity contribution in [1.29, 1.82) is 0 Å². The Bertz CT molecular complexity index is 403. The largest absolute Gasteiger partial charge is 0.306 e. The number of likely N-dealkylation sites (tertiary alicyclic amines) is 1. The highest BCUT2D eigenvalue weighted by Crippen LogP contribution is 2.50. The zero-order valence-electron chi connectivity index (χ0n) is 12.5. The number of carbonyl (C=O) groups is 2. The molecule has 1 N–H and O–H groups in total. The van der Waals surface area contributed by atoms with E-state index < -0.39 is 0 Å². The molecule has 0 aromatic rings. The van der Waals surface area contributed by atoms with Crippen LogP contribution in [0.2, 0.25) is 0 Å². The zero-order chi connectivity index (χ0) is 14.2. The summed E-state index contributed by atoms with van der Waals surface area (Å²) in [7, 11) is 2.15. The molecular weight excluding hydrogens is 252 g/mol. The number of amides is 2. The Morgan fingerprint density at radius 1 is 1.10 bits per heavy atom. The fourth-order valence-corrected chi connectivity index (χ4v) is 4.81. The molecule has 3 aliphatic rings. The highest BCUT2D eigenvalue weighted by Gasteiger charge is 2.51. The number of hydrogen-bond donors (Lipinski definition) is 1. The second-order valence-corrected chi connectivity index (χ2v) is 7.13. The van der Waals surface area contributed by atoms with Crippen molar-refractivity contribution >= 4 is 11.8 Å². The standard InChI is InChI=1S/C16H26N2O2/c1-18-9-4-7-16(8-10-18)11-13(19)17-15(20)14(16)12-5-2-3-6-12/h12,14H,2-11H2,1H3,(H,17,19,20). The molecule has 2 heterocycles. The van der Waals surface area contributed by atoms with Gasteiger partial charge in [-0.1, -0.05) is 12.8 Å². The van der Waals surface area contributed by atoms with Crippen LogP contribution in [0, 0.1) is 17.3 Å². The Balaban J connectivity index is 1.89. The lowest BCUT2D eigenvalue weighted by atomic mass is 9.61. The molecule has 2 saturated heterocycles. The lowest BCUT2D eigenvalue weighted by Crippen LogP contribution is -2.54. The highest BCUT2D eigenvalue weighted by atomic mass is 16.2. The van der Waals surface area contributed by atoms with E-state index in [1.54, 1.807) is 0 Å². The second-order valence-electron chi connectivity index (χ2n) is 7.13. The summed E-state index contributed by atoms with van der Waals surface area (Å²) in [6.45, 7) is 2.11. The summed E-state index contributed by atoms with van der Waals surface area (Å²) in [5.74, 6) is 0.562. The molecule has 0 bridgehead atoms. The molecule has 0 aromatic carbocycles. The third-order valence-corrected chi connectivity index (χ3v) is 5.79. The van der Waals surface area contributed by atoms with Crippen LogP contribution in [0.5, 0.6) is 0 Å². The van der Waals surface area contributed by atoms with E-state index in [0.717, 1.165) is 32.4 Å². The van der Waals surface area contributed by atoms with Gasteiger partial charge in [-0.05, 0) is 63.6 Å². The first-order valence-electron chi connectivity index (χ1n) is 8.13. The smallest absolute Gasteiger partial charge is 0.230 e. The fourth-order valence-electron chi connectivity index (χ4n) is 4.81. The summed E-state index contributed by atoms with van der Waals surface area (Å²) in [6.07, 6.45) is 8.56. The molecule has 0 aromatic heterocycles. The van der Waals surface area contributed by atoms with Gasteiger partial charge in [0.1, 0.15) is 0 Å². The van der Waals surface area contributed by atoms with Gasteiger partial charge in [0.05, 0.1) is 0 Å². The Kier molecular flexibility index (Phi) is 3.85. The third kappa shape index (κ3) is 2.50. The molecule has 3 fully saturated rings. The first-order chi connectivity index (χ1) is 9.61. The maximum Gasteiger partial charge on any atom is 0.230 e. The zero-order valence-corrected chi connectivity index (χ0v) is 12.5. The van der Waals surface area contributed by atoms with Crippen LogP contribution in [-0.4, -0.2) is 36.9 Å². The van der Waals surface area contributed by atoms with Crippen molar-refractivity contribution in [2.24, 2.45) is 17.3 Å². The van der Waals surface area contributed by atoms with Crippen molar-refractivity contribution in [2.75, 3.05) is 20.1 Å². The molecule has 1 aliphatic carbocycles. The predicted molar refractivity (Wildman–Crippen MR) is 77.0 cm³/mol. The van der Waals surface area contributed by atoms with Gasteiger partial charge in [0.2, 0.25) is 11.8 Å². The molecule has 2 aliphatic heterocycles. The maximum absolute atomic E-state index is 12.5. The minimum atomic E-state index is -0.0564. The summed E-state index contributed by atoms with van der Waals surface area (Å²) in [4.78, 5) is 26.8. The van der Waals surface area contributed by atoms with Crippen molar-refractivity contribution in [3.05, 3.63) is 0 Å². The second kappa shape index (κ2) is 5.47. The highest BCUT2D eigenvalue weighted by molar-refractivity contribution is 5.99. The van der Waals surface area contributed by atoms with E-state index in [2.05, 4.69) is 17.3 Å². The first-order valence-corrected chi connectivity index (χ1v) is 8.13. The lowest BCUT2D eigenvalue weighted by molar-refractivity contribution is -0.147. The number of nitrogens with zero attached hydrogens (tertiary/aromatic N) is 1. The molecule has 1 spiro atoms. The van der Waals surface area contributed by atoms with Crippen LogP contribution in [0.15, 0.2) is 0 Å². The molecule has 4 nitrogen and oxygen atoms in total. The molecule has 2 unspecified atom stereocenters. The van der Waals surface area contributed by atoms with Crippen molar-refractivity contribution < 1.29 is 9.59 Å². The minimum Gasteiger partial charge on any atom is -0.306 e. The predicted octanol–water partition coefficient (Wildman–Crippen LogP) is 1.94. The van der Waals surface area contributed by atoms with E-state index in [0.29, 0.717) is 12.3 Å². The number of piperidine rings is 1. The van der Waals surface area contributed by atoms with Gasteiger partial charge >= 0.3 is 0 Å². The van der Waals surface area contributed by atoms with Crippen LogP contribution in [-0.2, 0) is 9.59 Å².